The van der Waals surface area contributed by atoms with Gasteiger partial charge in [-0.15, -0.1) is 0 Å². The molecule has 29 heavy (non-hydrogen) atoms. The van der Waals surface area contributed by atoms with Gasteiger partial charge < -0.3 is 10.2 Å². The standard InChI is InChI=1S/C25H32N2O2/c1-18(2)14-23(28)27-13-12-25(17-27,24(29)26-4)16-21-9-5-6-11-22(21)20-10-7-8-19(3)15-20/h5-11,15,18H,12-14,16-17H2,1-4H3,(H,26,29)/t25-/m1/s1. The van der Waals surface area contributed by atoms with Crippen molar-refractivity contribution in [3.8, 4) is 11.1 Å². The fourth-order valence-corrected chi connectivity index (χ4v) is 4.37. The first-order valence-electron chi connectivity index (χ1n) is 10.5. The van der Waals surface area contributed by atoms with Crippen molar-refractivity contribution in [3.63, 3.8) is 0 Å². The number of hydrogen-bond acceptors (Lipinski definition) is 2. The van der Waals surface area contributed by atoms with E-state index in [1.807, 2.05) is 17.0 Å². The third-order valence-electron chi connectivity index (χ3n) is 5.87. The molecule has 1 heterocycles. The minimum atomic E-state index is -0.582. The summed E-state index contributed by atoms with van der Waals surface area (Å²) in [5, 5.41) is 2.86. The van der Waals surface area contributed by atoms with E-state index in [9.17, 15) is 9.59 Å². The topological polar surface area (TPSA) is 49.4 Å². The van der Waals surface area contributed by atoms with Gasteiger partial charge in [-0.05, 0) is 42.4 Å². The maximum Gasteiger partial charge on any atom is 0.228 e. The van der Waals surface area contributed by atoms with Crippen LogP contribution in [0.5, 0.6) is 0 Å². The van der Waals surface area contributed by atoms with Gasteiger partial charge in [0, 0.05) is 26.6 Å². The molecular weight excluding hydrogens is 360 g/mol. The maximum atomic E-state index is 13.0. The molecule has 1 N–H and O–H groups in total. The molecule has 1 saturated heterocycles. The van der Waals surface area contributed by atoms with E-state index < -0.39 is 5.41 Å². The largest absolute Gasteiger partial charge is 0.359 e. The monoisotopic (exact) mass is 392 g/mol. The molecule has 0 unspecified atom stereocenters. The molecular formula is C25H32N2O2. The van der Waals surface area contributed by atoms with Crippen LogP contribution in [0, 0.1) is 18.3 Å². The average molecular weight is 393 g/mol. The first-order chi connectivity index (χ1) is 13.8. The van der Waals surface area contributed by atoms with E-state index in [2.05, 4.69) is 62.5 Å². The van der Waals surface area contributed by atoms with E-state index in [0.29, 0.717) is 38.3 Å². The van der Waals surface area contributed by atoms with Crippen molar-refractivity contribution in [1.29, 1.82) is 0 Å². The fourth-order valence-electron chi connectivity index (χ4n) is 4.37. The predicted octanol–water partition coefficient (Wildman–Crippen LogP) is 4.22. The zero-order valence-electron chi connectivity index (χ0n) is 18.0. The van der Waals surface area contributed by atoms with Crippen molar-refractivity contribution >= 4 is 11.8 Å². The minimum Gasteiger partial charge on any atom is -0.359 e. The summed E-state index contributed by atoms with van der Waals surface area (Å²) in [5.74, 6) is 0.494. The number of nitrogens with zero attached hydrogens (tertiary/aromatic N) is 1. The van der Waals surface area contributed by atoms with Crippen LogP contribution in [0.25, 0.3) is 11.1 Å². The molecule has 154 valence electrons. The Labute approximate surface area is 174 Å². The molecule has 3 rings (SSSR count). The molecule has 1 fully saturated rings. The highest BCUT2D eigenvalue weighted by Crippen LogP contribution is 2.38. The number of rotatable bonds is 6. The van der Waals surface area contributed by atoms with Crippen molar-refractivity contribution in [2.75, 3.05) is 20.1 Å². The van der Waals surface area contributed by atoms with Crippen LogP contribution in [0.1, 0.15) is 37.8 Å². The molecule has 0 aromatic heterocycles. The van der Waals surface area contributed by atoms with Gasteiger partial charge >= 0.3 is 0 Å². The van der Waals surface area contributed by atoms with Crippen molar-refractivity contribution in [3.05, 3.63) is 59.7 Å². The quantitative estimate of drug-likeness (QED) is 0.800. The van der Waals surface area contributed by atoms with Gasteiger partial charge in [0.1, 0.15) is 0 Å². The third-order valence-corrected chi connectivity index (χ3v) is 5.87. The lowest BCUT2D eigenvalue weighted by Crippen LogP contribution is -2.44. The van der Waals surface area contributed by atoms with E-state index in [1.165, 1.54) is 11.1 Å². The summed E-state index contributed by atoms with van der Waals surface area (Å²) in [4.78, 5) is 27.5. The number of benzene rings is 2. The zero-order valence-corrected chi connectivity index (χ0v) is 18.0. The molecule has 2 aromatic carbocycles. The molecule has 2 amide bonds. The smallest absolute Gasteiger partial charge is 0.228 e. The van der Waals surface area contributed by atoms with Crippen LogP contribution in [0.4, 0.5) is 0 Å². The van der Waals surface area contributed by atoms with Crippen LogP contribution >= 0.6 is 0 Å². The molecule has 2 aromatic rings. The van der Waals surface area contributed by atoms with Gasteiger partial charge in [-0.3, -0.25) is 9.59 Å². The molecule has 0 saturated carbocycles. The number of hydrogen-bond donors (Lipinski definition) is 1. The van der Waals surface area contributed by atoms with Gasteiger partial charge in [-0.1, -0.05) is 67.9 Å². The lowest BCUT2D eigenvalue weighted by molar-refractivity contribution is -0.133. The molecule has 1 atom stereocenters. The summed E-state index contributed by atoms with van der Waals surface area (Å²) < 4.78 is 0. The van der Waals surface area contributed by atoms with Crippen molar-refractivity contribution in [1.82, 2.24) is 10.2 Å². The molecule has 1 aliphatic heterocycles. The normalized spacial score (nSPS) is 18.9. The van der Waals surface area contributed by atoms with Crippen molar-refractivity contribution in [2.24, 2.45) is 11.3 Å². The molecule has 0 spiro atoms. The number of likely N-dealkylation sites (tertiary alicyclic amines) is 1. The Morgan fingerprint density at radius 2 is 1.90 bits per heavy atom. The molecule has 4 nitrogen and oxygen atoms in total. The van der Waals surface area contributed by atoms with Crippen LogP contribution < -0.4 is 5.32 Å². The van der Waals surface area contributed by atoms with Gasteiger partial charge in [0.25, 0.3) is 0 Å². The maximum absolute atomic E-state index is 13.0. The van der Waals surface area contributed by atoms with E-state index in [-0.39, 0.29) is 11.8 Å². The Morgan fingerprint density at radius 3 is 2.59 bits per heavy atom. The lowest BCUT2D eigenvalue weighted by atomic mass is 9.78. The van der Waals surface area contributed by atoms with Gasteiger partial charge in [0.05, 0.1) is 5.41 Å². The van der Waals surface area contributed by atoms with Crippen LogP contribution in [-0.2, 0) is 16.0 Å². The summed E-state index contributed by atoms with van der Waals surface area (Å²) in [5.41, 5.74) is 4.11. The van der Waals surface area contributed by atoms with Crippen LogP contribution in [0.2, 0.25) is 0 Å². The number of amides is 2. The van der Waals surface area contributed by atoms with E-state index in [4.69, 9.17) is 0 Å². The Hall–Kier alpha value is -2.62. The molecule has 4 heteroatoms. The SMILES string of the molecule is CNC(=O)[C@@]1(Cc2ccccc2-c2cccc(C)c2)CCN(C(=O)CC(C)C)C1. The summed E-state index contributed by atoms with van der Waals surface area (Å²) in [6.45, 7) is 7.33. The average Bonchev–Trinajstić information content (AvgIpc) is 3.13. The number of nitrogens with one attached hydrogen (secondary N) is 1. The second-order valence-corrected chi connectivity index (χ2v) is 8.73. The Balaban J connectivity index is 1.92. The Kier molecular flexibility index (Phi) is 6.41. The van der Waals surface area contributed by atoms with Gasteiger partial charge in [-0.2, -0.15) is 0 Å². The summed E-state index contributed by atoms with van der Waals surface area (Å²) in [6.07, 6.45) is 1.85. The Bertz CT molecular complexity index is 890. The highest BCUT2D eigenvalue weighted by Gasteiger charge is 2.45. The molecule has 0 aliphatic carbocycles. The summed E-state index contributed by atoms with van der Waals surface area (Å²) >= 11 is 0. The Morgan fingerprint density at radius 1 is 1.14 bits per heavy atom. The summed E-state index contributed by atoms with van der Waals surface area (Å²) in [6, 6.07) is 16.8. The van der Waals surface area contributed by atoms with E-state index >= 15 is 0 Å². The number of aryl methyl sites for hydroxylation is 1. The third kappa shape index (κ3) is 4.69. The van der Waals surface area contributed by atoms with Crippen molar-refractivity contribution < 1.29 is 9.59 Å². The second-order valence-electron chi connectivity index (χ2n) is 8.73. The van der Waals surface area contributed by atoms with Crippen LogP contribution in [-0.4, -0.2) is 36.9 Å². The fraction of sp³-hybridized carbons (Fsp3) is 0.440. The van der Waals surface area contributed by atoms with Gasteiger partial charge in [-0.25, -0.2) is 0 Å². The van der Waals surface area contributed by atoms with Gasteiger partial charge in [0.15, 0.2) is 0 Å². The zero-order chi connectivity index (χ0) is 21.0. The lowest BCUT2D eigenvalue weighted by Gasteiger charge is -2.29. The number of carbonyl (C=O) groups excluding carboxylic acids is 2. The number of carbonyl (C=O) groups is 2. The highest BCUT2D eigenvalue weighted by atomic mass is 16.2. The molecule has 1 aliphatic rings. The van der Waals surface area contributed by atoms with E-state index in [0.717, 1.165) is 11.1 Å². The molecule has 0 bridgehead atoms. The first-order valence-corrected chi connectivity index (χ1v) is 10.5. The first kappa shape index (κ1) is 21.1. The summed E-state index contributed by atoms with van der Waals surface area (Å²) in [7, 11) is 1.69. The van der Waals surface area contributed by atoms with Gasteiger partial charge in [0.2, 0.25) is 11.8 Å². The highest BCUT2D eigenvalue weighted by molar-refractivity contribution is 5.86. The molecule has 0 radical (unpaired) electrons. The van der Waals surface area contributed by atoms with E-state index in [1.54, 1.807) is 7.05 Å². The second kappa shape index (κ2) is 8.81. The minimum absolute atomic E-state index is 0.0244. The van der Waals surface area contributed by atoms with Crippen LogP contribution in [0.15, 0.2) is 48.5 Å². The predicted molar refractivity (Wildman–Crippen MR) is 117 cm³/mol. The van der Waals surface area contributed by atoms with Crippen LogP contribution in [0.3, 0.4) is 0 Å². The van der Waals surface area contributed by atoms with Crippen molar-refractivity contribution in [2.45, 2.75) is 40.0 Å².